The Kier molecular flexibility index (Phi) is 7.05. The summed E-state index contributed by atoms with van der Waals surface area (Å²) in [4.78, 5) is 24.8. The standard InChI is InChI=1S/C26H22N2O3S/c29-24(18-32-25(19-9-3-1-4-10-19)20-11-5-2-6-12-20)27-21-13-7-14-22(17-21)28-26(30)23-15-8-16-31-23/h1-17,25H,18H2,(H,27,29)(H,28,30). The zero-order chi connectivity index (χ0) is 22.2. The second-order valence-electron chi connectivity index (χ2n) is 7.07. The van der Waals surface area contributed by atoms with Gasteiger partial charge in [-0.25, -0.2) is 0 Å². The first-order valence-corrected chi connectivity index (χ1v) is 11.2. The Morgan fingerprint density at radius 2 is 1.38 bits per heavy atom. The van der Waals surface area contributed by atoms with E-state index in [1.807, 2.05) is 36.4 Å². The number of hydrogen-bond donors (Lipinski definition) is 2. The zero-order valence-corrected chi connectivity index (χ0v) is 18.0. The van der Waals surface area contributed by atoms with Crippen molar-refractivity contribution in [3.05, 3.63) is 120 Å². The Hall–Kier alpha value is -3.77. The third kappa shape index (κ3) is 5.68. The molecule has 0 saturated carbocycles. The third-order valence-corrected chi connectivity index (χ3v) is 6.04. The second-order valence-corrected chi connectivity index (χ2v) is 8.17. The number of hydrogen-bond acceptors (Lipinski definition) is 4. The number of carbonyl (C=O) groups is 2. The van der Waals surface area contributed by atoms with Crippen LogP contribution in [0.3, 0.4) is 0 Å². The molecule has 32 heavy (non-hydrogen) atoms. The fourth-order valence-electron chi connectivity index (χ4n) is 3.27. The molecule has 160 valence electrons. The highest BCUT2D eigenvalue weighted by Gasteiger charge is 2.16. The van der Waals surface area contributed by atoms with Gasteiger partial charge in [0, 0.05) is 11.4 Å². The Morgan fingerprint density at radius 1 is 0.750 bits per heavy atom. The molecule has 0 aliphatic carbocycles. The summed E-state index contributed by atoms with van der Waals surface area (Å²) in [7, 11) is 0. The minimum Gasteiger partial charge on any atom is -0.459 e. The molecule has 0 bridgehead atoms. The zero-order valence-electron chi connectivity index (χ0n) is 17.2. The lowest BCUT2D eigenvalue weighted by Crippen LogP contribution is -2.16. The van der Waals surface area contributed by atoms with E-state index in [0.717, 1.165) is 11.1 Å². The van der Waals surface area contributed by atoms with Crippen molar-refractivity contribution in [3.63, 3.8) is 0 Å². The molecule has 0 atom stereocenters. The average Bonchev–Trinajstić information content (AvgIpc) is 3.36. The average molecular weight is 443 g/mol. The number of rotatable bonds is 8. The summed E-state index contributed by atoms with van der Waals surface area (Å²) in [6.45, 7) is 0. The maximum atomic E-state index is 12.7. The molecular weight excluding hydrogens is 420 g/mol. The Morgan fingerprint density at radius 3 is 1.97 bits per heavy atom. The minimum absolute atomic E-state index is 0.0575. The smallest absolute Gasteiger partial charge is 0.291 e. The quantitative estimate of drug-likeness (QED) is 0.351. The molecule has 2 amide bonds. The van der Waals surface area contributed by atoms with E-state index in [9.17, 15) is 9.59 Å². The number of thioether (sulfide) groups is 1. The van der Waals surface area contributed by atoms with E-state index in [-0.39, 0.29) is 28.6 Å². The molecule has 2 N–H and O–H groups in total. The van der Waals surface area contributed by atoms with Crippen molar-refractivity contribution in [3.8, 4) is 0 Å². The van der Waals surface area contributed by atoms with E-state index >= 15 is 0 Å². The van der Waals surface area contributed by atoms with Gasteiger partial charge in [0.1, 0.15) is 0 Å². The van der Waals surface area contributed by atoms with Crippen molar-refractivity contribution >= 4 is 35.0 Å². The fourth-order valence-corrected chi connectivity index (χ4v) is 4.36. The van der Waals surface area contributed by atoms with Crippen LogP contribution in [0.2, 0.25) is 0 Å². The summed E-state index contributed by atoms with van der Waals surface area (Å²) in [5.74, 6) is 0.0601. The molecule has 1 aromatic heterocycles. The van der Waals surface area contributed by atoms with Gasteiger partial charge in [-0.15, -0.1) is 11.8 Å². The van der Waals surface area contributed by atoms with Crippen molar-refractivity contribution < 1.29 is 14.0 Å². The molecule has 0 aliphatic rings. The van der Waals surface area contributed by atoms with Gasteiger partial charge in [-0.3, -0.25) is 9.59 Å². The van der Waals surface area contributed by atoms with Crippen LogP contribution >= 0.6 is 11.8 Å². The van der Waals surface area contributed by atoms with Crippen LogP contribution in [0.1, 0.15) is 26.9 Å². The van der Waals surface area contributed by atoms with Gasteiger partial charge in [0.25, 0.3) is 5.91 Å². The number of benzene rings is 3. The summed E-state index contributed by atoms with van der Waals surface area (Å²) >= 11 is 1.57. The van der Waals surface area contributed by atoms with Gasteiger partial charge >= 0.3 is 0 Å². The molecule has 0 unspecified atom stereocenters. The number of carbonyl (C=O) groups excluding carboxylic acids is 2. The lowest BCUT2D eigenvalue weighted by atomic mass is 10.0. The molecule has 0 aliphatic heterocycles. The van der Waals surface area contributed by atoms with Crippen molar-refractivity contribution in [2.24, 2.45) is 0 Å². The first-order chi connectivity index (χ1) is 15.7. The first kappa shape index (κ1) is 21.5. The number of nitrogens with one attached hydrogen (secondary N) is 2. The van der Waals surface area contributed by atoms with Crippen LogP contribution in [0.5, 0.6) is 0 Å². The predicted molar refractivity (Wildman–Crippen MR) is 129 cm³/mol. The molecule has 0 fully saturated rings. The minimum atomic E-state index is -0.345. The molecule has 4 rings (SSSR count). The number of amides is 2. The molecule has 4 aromatic rings. The van der Waals surface area contributed by atoms with Gasteiger partial charge in [-0.2, -0.15) is 0 Å². The second kappa shape index (κ2) is 10.5. The summed E-state index contributed by atoms with van der Waals surface area (Å²) in [6.07, 6.45) is 1.45. The molecular formula is C26H22N2O3S. The molecule has 0 radical (unpaired) electrons. The molecule has 5 nitrogen and oxygen atoms in total. The fraction of sp³-hybridized carbons (Fsp3) is 0.0769. The maximum Gasteiger partial charge on any atom is 0.291 e. The van der Waals surface area contributed by atoms with Gasteiger partial charge in [0.2, 0.25) is 5.91 Å². The van der Waals surface area contributed by atoms with E-state index in [1.54, 1.807) is 48.2 Å². The summed E-state index contributed by atoms with van der Waals surface area (Å²) in [5, 5.41) is 5.73. The van der Waals surface area contributed by atoms with E-state index in [2.05, 4.69) is 34.9 Å². The van der Waals surface area contributed by atoms with Crippen molar-refractivity contribution in [1.82, 2.24) is 0 Å². The largest absolute Gasteiger partial charge is 0.459 e. The van der Waals surface area contributed by atoms with Crippen molar-refractivity contribution in [2.45, 2.75) is 5.25 Å². The van der Waals surface area contributed by atoms with Gasteiger partial charge in [-0.05, 0) is 41.5 Å². The summed E-state index contributed by atoms with van der Waals surface area (Å²) in [5.41, 5.74) is 3.49. The van der Waals surface area contributed by atoms with Gasteiger partial charge in [0.15, 0.2) is 5.76 Å². The molecule has 6 heteroatoms. The van der Waals surface area contributed by atoms with Gasteiger partial charge < -0.3 is 15.1 Å². The van der Waals surface area contributed by atoms with Crippen LogP contribution in [-0.4, -0.2) is 17.6 Å². The van der Waals surface area contributed by atoms with E-state index in [4.69, 9.17) is 4.42 Å². The molecule has 0 spiro atoms. The number of furan rings is 1. The van der Waals surface area contributed by atoms with Crippen molar-refractivity contribution in [2.75, 3.05) is 16.4 Å². The third-order valence-electron chi connectivity index (χ3n) is 4.73. The topological polar surface area (TPSA) is 71.3 Å². The van der Waals surface area contributed by atoms with Gasteiger partial charge in [-0.1, -0.05) is 66.7 Å². The number of anilines is 2. The van der Waals surface area contributed by atoms with Crippen LogP contribution < -0.4 is 10.6 Å². The van der Waals surface area contributed by atoms with E-state index in [0.29, 0.717) is 11.4 Å². The SMILES string of the molecule is O=C(CSC(c1ccccc1)c1ccccc1)Nc1cccc(NC(=O)c2ccco2)c1. The summed E-state index contributed by atoms with van der Waals surface area (Å²) in [6, 6.07) is 30.6. The monoisotopic (exact) mass is 442 g/mol. The highest BCUT2D eigenvalue weighted by molar-refractivity contribution is 8.00. The first-order valence-electron chi connectivity index (χ1n) is 10.2. The normalized spacial score (nSPS) is 10.7. The Labute approximate surface area is 190 Å². The van der Waals surface area contributed by atoms with Crippen LogP contribution in [0.4, 0.5) is 11.4 Å². The predicted octanol–water partition coefficient (Wildman–Crippen LogP) is 5.99. The lowest BCUT2D eigenvalue weighted by Gasteiger charge is -2.17. The van der Waals surface area contributed by atoms with Gasteiger partial charge in [0.05, 0.1) is 17.3 Å². The Balaban J connectivity index is 1.39. The molecule has 1 heterocycles. The van der Waals surface area contributed by atoms with Crippen molar-refractivity contribution in [1.29, 1.82) is 0 Å². The molecule has 0 saturated heterocycles. The maximum absolute atomic E-state index is 12.7. The van der Waals surface area contributed by atoms with E-state index in [1.165, 1.54) is 6.26 Å². The van der Waals surface area contributed by atoms with Crippen LogP contribution in [-0.2, 0) is 4.79 Å². The lowest BCUT2D eigenvalue weighted by molar-refractivity contribution is -0.113. The van der Waals surface area contributed by atoms with Crippen LogP contribution in [0, 0.1) is 0 Å². The van der Waals surface area contributed by atoms with Crippen LogP contribution in [0.25, 0.3) is 0 Å². The Bertz CT molecular complexity index is 1120. The summed E-state index contributed by atoms with van der Waals surface area (Å²) < 4.78 is 5.11. The highest BCUT2D eigenvalue weighted by atomic mass is 32.2. The molecule has 3 aromatic carbocycles. The highest BCUT2D eigenvalue weighted by Crippen LogP contribution is 2.35. The van der Waals surface area contributed by atoms with E-state index < -0.39 is 0 Å². The van der Waals surface area contributed by atoms with Crippen LogP contribution in [0.15, 0.2) is 108 Å².